The van der Waals surface area contributed by atoms with Crippen LogP contribution in [0.3, 0.4) is 0 Å². The lowest BCUT2D eigenvalue weighted by Crippen LogP contribution is -2.35. The van der Waals surface area contributed by atoms with Gasteiger partial charge in [-0.05, 0) is 25.8 Å². The van der Waals surface area contributed by atoms with Crippen molar-refractivity contribution < 1.29 is 17.9 Å². The fourth-order valence-electron chi connectivity index (χ4n) is 2.39. The van der Waals surface area contributed by atoms with Crippen molar-refractivity contribution in [3.05, 3.63) is 29.6 Å². The molecule has 5 heteroatoms. The number of hydrogen-bond donors (Lipinski definition) is 1. The zero-order valence-electron chi connectivity index (χ0n) is 9.96. The number of ether oxygens (including phenoxy) is 1. The van der Waals surface area contributed by atoms with Crippen molar-refractivity contribution in [1.29, 1.82) is 0 Å². The van der Waals surface area contributed by atoms with Crippen molar-refractivity contribution in [2.24, 2.45) is 11.7 Å². The molecule has 0 aromatic heterocycles. The Bertz CT molecular complexity index is 402. The van der Waals surface area contributed by atoms with Gasteiger partial charge in [-0.1, -0.05) is 6.42 Å². The molecule has 100 valence electrons. The molecule has 2 unspecified atom stereocenters. The summed E-state index contributed by atoms with van der Waals surface area (Å²) >= 11 is 0. The Morgan fingerprint density at radius 2 is 1.72 bits per heavy atom. The Hall–Kier alpha value is -1.23. The van der Waals surface area contributed by atoms with Crippen molar-refractivity contribution in [1.82, 2.24) is 0 Å². The summed E-state index contributed by atoms with van der Waals surface area (Å²) in [5, 5.41) is 0. The van der Waals surface area contributed by atoms with Crippen molar-refractivity contribution in [2.45, 2.75) is 31.8 Å². The molecular weight excluding hydrogens is 243 g/mol. The van der Waals surface area contributed by atoms with Gasteiger partial charge in [-0.2, -0.15) is 0 Å². The second-order valence-electron chi connectivity index (χ2n) is 4.64. The van der Waals surface area contributed by atoms with E-state index >= 15 is 0 Å². The van der Waals surface area contributed by atoms with Crippen molar-refractivity contribution in [3.63, 3.8) is 0 Å². The number of nitrogens with two attached hydrogens (primary N) is 1. The molecular formula is C13H16F3NO. The predicted octanol–water partition coefficient (Wildman–Crippen LogP) is 3.00. The minimum absolute atomic E-state index is 0.0996. The molecule has 0 heterocycles. The summed E-state index contributed by atoms with van der Waals surface area (Å²) in [6.45, 7) is 0.426. The maximum Gasteiger partial charge on any atom is 0.191 e. The molecule has 0 spiro atoms. The lowest BCUT2D eigenvalue weighted by atomic mass is 9.86. The Labute approximate surface area is 104 Å². The molecule has 2 rings (SSSR count). The first-order chi connectivity index (χ1) is 8.61. The quantitative estimate of drug-likeness (QED) is 0.905. The van der Waals surface area contributed by atoms with Gasteiger partial charge < -0.3 is 10.5 Å². The van der Waals surface area contributed by atoms with Gasteiger partial charge in [-0.25, -0.2) is 13.2 Å². The van der Waals surface area contributed by atoms with E-state index < -0.39 is 23.2 Å². The van der Waals surface area contributed by atoms with Crippen LogP contribution in [-0.2, 0) is 0 Å². The van der Waals surface area contributed by atoms with E-state index in [1.54, 1.807) is 0 Å². The van der Waals surface area contributed by atoms with Crippen LogP contribution in [0.5, 0.6) is 5.75 Å². The minimum Gasteiger partial charge on any atom is -0.484 e. The van der Waals surface area contributed by atoms with Gasteiger partial charge in [0.25, 0.3) is 0 Å². The van der Waals surface area contributed by atoms with Crippen molar-refractivity contribution >= 4 is 0 Å². The Kier molecular flexibility index (Phi) is 4.11. The Morgan fingerprint density at radius 1 is 1.11 bits per heavy atom. The average Bonchev–Trinajstić information content (AvgIpc) is 2.34. The zero-order valence-corrected chi connectivity index (χ0v) is 9.96. The number of benzene rings is 1. The fraction of sp³-hybridized carbons (Fsp3) is 0.538. The van der Waals surface area contributed by atoms with Gasteiger partial charge in [0.15, 0.2) is 17.4 Å². The highest BCUT2D eigenvalue weighted by Gasteiger charge is 2.27. The van der Waals surface area contributed by atoms with Gasteiger partial charge in [0.2, 0.25) is 0 Å². The first-order valence-electron chi connectivity index (χ1n) is 6.13. The van der Waals surface area contributed by atoms with Crippen molar-refractivity contribution in [2.75, 3.05) is 6.54 Å². The molecule has 0 radical (unpaired) electrons. The maximum absolute atomic E-state index is 13.5. The van der Waals surface area contributed by atoms with Gasteiger partial charge >= 0.3 is 0 Å². The van der Waals surface area contributed by atoms with Crippen LogP contribution in [0.25, 0.3) is 0 Å². The largest absolute Gasteiger partial charge is 0.484 e. The summed E-state index contributed by atoms with van der Waals surface area (Å²) in [5.41, 5.74) is 5.62. The standard InChI is InChI=1S/C13H16F3NO/c14-9-5-10(15)13(11(16)6-9)18-12-4-2-1-3-8(12)7-17/h5-6,8,12H,1-4,7,17H2. The number of halogens is 3. The molecule has 0 bridgehead atoms. The molecule has 2 atom stereocenters. The van der Waals surface area contributed by atoms with Gasteiger partial charge in [-0.15, -0.1) is 0 Å². The van der Waals surface area contributed by atoms with Crippen LogP contribution in [0.4, 0.5) is 13.2 Å². The summed E-state index contributed by atoms with van der Waals surface area (Å²) in [7, 11) is 0. The molecule has 1 aliphatic carbocycles. The number of hydrogen-bond acceptors (Lipinski definition) is 2. The molecule has 1 fully saturated rings. The third kappa shape index (κ3) is 2.77. The first-order valence-corrected chi connectivity index (χ1v) is 6.13. The van der Waals surface area contributed by atoms with E-state index in [0.29, 0.717) is 18.7 Å². The Morgan fingerprint density at radius 3 is 2.33 bits per heavy atom. The summed E-state index contributed by atoms with van der Waals surface area (Å²) < 4.78 is 45.1. The summed E-state index contributed by atoms with van der Waals surface area (Å²) in [6.07, 6.45) is 3.32. The van der Waals surface area contributed by atoms with Crippen LogP contribution >= 0.6 is 0 Å². The normalized spacial score (nSPS) is 24.0. The molecule has 1 aliphatic rings. The van der Waals surface area contributed by atoms with Gasteiger partial charge in [0.05, 0.1) is 0 Å². The third-order valence-electron chi connectivity index (χ3n) is 3.37. The third-order valence-corrected chi connectivity index (χ3v) is 3.37. The van der Waals surface area contributed by atoms with Gasteiger partial charge in [0, 0.05) is 18.1 Å². The van der Waals surface area contributed by atoms with Crippen LogP contribution in [0.2, 0.25) is 0 Å². The molecule has 1 aromatic rings. The number of rotatable bonds is 3. The second kappa shape index (κ2) is 5.61. The molecule has 1 saturated carbocycles. The molecule has 2 nitrogen and oxygen atoms in total. The molecule has 0 amide bonds. The molecule has 18 heavy (non-hydrogen) atoms. The maximum atomic E-state index is 13.5. The van der Waals surface area contributed by atoms with Crippen LogP contribution in [0.1, 0.15) is 25.7 Å². The minimum atomic E-state index is -1.01. The van der Waals surface area contributed by atoms with E-state index in [1.165, 1.54) is 0 Å². The lowest BCUT2D eigenvalue weighted by Gasteiger charge is -2.31. The fourth-order valence-corrected chi connectivity index (χ4v) is 2.39. The van der Waals surface area contributed by atoms with E-state index in [2.05, 4.69) is 0 Å². The Balaban J connectivity index is 2.17. The SMILES string of the molecule is NCC1CCCCC1Oc1c(F)cc(F)cc1F. The first kappa shape index (κ1) is 13.2. The molecule has 1 aromatic carbocycles. The summed E-state index contributed by atoms with van der Waals surface area (Å²) in [4.78, 5) is 0. The van der Waals surface area contributed by atoms with Crippen LogP contribution in [0.15, 0.2) is 12.1 Å². The van der Waals surface area contributed by atoms with Crippen molar-refractivity contribution in [3.8, 4) is 5.75 Å². The predicted molar refractivity (Wildman–Crippen MR) is 61.7 cm³/mol. The van der Waals surface area contributed by atoms with Crippen LogP contribution < -0.4 is 10.5 Å². The summed E-state index contributed by atoms with van der Waals surface area (Å²) in [6, 6.07) is 1.25. The van der Waals surface area contributed by atoms with E-state index in [0.717, 1.165) is 25.7 Å². The van der Waals surface area contributed by atoms with Gasteiger partial charge in [0.1, 0.15) is 11.9 Å². The van der Waals surface area contributed by atoms with E-state index in [9.17, 15) is 13.2 Å². The highest BCUT2D eigenvalue weighted by atomic mass is 19.1. The highest BCUT2D eigenvalue weighted by Crippen LogP contribution is 2.31. The zero-order chi connectivity index (χ0) is 13.1. The second-order valence-corrected chi connectivity index (χ2v) is 4.64. The van der Waals surface area contributed by atoms with Gasteiger partial charge in [-0.3, -0.25) is 0 Å². The van der Waals surface area contributed by atoms with Crippen LogP contribution in [-0.4, -0.2) is 12.6 Å². The lowest BCUT2D eigenvalue weighted by molar-refractivity contribution is 0.0879. The van der Waals surface area contributed by atoms with E-state index in [4.69, 9.17) is 10.5 Å². The summed E-state index contributed by atoms with van der Waals surface area (Å²) in [5.74, 6) is -3.36. The molecule has 0 saturated heterocycles. The highest BCUT2D eigenvalue weighted by molar-refractivity contribution is 5.27. The molecule has 2 N–H and O–H groups in total. The molecule has 0 aliphatic heterocycles. The van der Waals surface area contributed by atoms with E-state index in [-0.39, 0.29) is 12.0 Å². The topological polar surface area (TPSA) is 35.2 Å². The monoisotopic (exact) mass is 259 g/mol. The van der Waals surface area contributed by atoms with E-state index in [1.807, 2.05) is 0 Å². The van der Waals surface area contributed by atoms with Crippen LogP contribution in [0, 0.1) is 23.4 Å². The average molecular weight is 259 g/mol. The smallest absolute Gasteiger partial charge is 0.191 e.